The average Bonchev–Trinajstić information content (AvgIpc) is 2.80. The van der Waals surface area contributed by atoms with Crippen LogP contribution >= 0.6 is 0 Å². The second-order valence-electron chi connectivity index (χ2n) is 3.57. The predicted octanol–water partition coefficient (Wildman–Crippen LogP) is -1.17. The lowest BCUT2D eigenvalue weighted by Gasteiger charge is -2.13. The van der Waals surface area contributed by atoms with Gasteiger partial charge in [-0.25, -0.2) is 13.1 Å². The Morgan fingerprint density at radius 3 is 2.46 bits per heavy atom. The van der Waals surface area contributed by atoms with Crippen LogP contribution in [0.2, 0.25) is 0 Å². The molecule has 76 valence electrons. The van der Waals surface area contributed by atoms with Crippen LogP contribution in [0.4, 0.5) is 0 Å². The summed E-state index contributed by atoms with van der Waals surface area (Å²) in [7, 11) is -3.19. The molecular formula is C7H13NO4S. The fourth-order valence-corrected chi connectivity index (χ4v) is 2.94. The van der Waals surface area contributed by atoms with Crippen LogP contribution < -0.4 is 4.72 Å². The van der Waals surface area contributed by atoms with E-state index in [9.17, 15) is 13.5 Å². The molecule has 5 nitrogen and oxygen atoms in total. The third kappa shape index (κ3) is 2.01. The van der Waals surface area contributed by atoms with E-state index in [1.54, 1.807) is 0 Å². The van der Waals surface area contributed by atoms with Gasteiger partial charge in [-0.2, -0.15) is 0 Å². The number of rotatable bonds is 3. The van der Waals surface area contributed by atoms with Crippen molar-refractivity contribution in [3.05, 3.63) is 0 Å². The van der Waals surface area contributed by atoms with Gasteiger partial charge in [0.1, 0.15) is 0 Å². The Kier molecular flexibility index (Phi) is 2.31. The molecule has 1 aliphatic carbocycles. The van der Waals surface area contributed by atoms with Gasteiger partial charge in [-0.05, 0) is 12.8 Å². The maximum atomic E-state index is 11.4. The quantitative estimate of drug-likeness (QED) is 0.611. The predicted molar refractivity (Wildman–Crippen MR) is 45.7 cm³/mol. The van der Waals surface area contributed by atoms with Crippen LogP contribution in [0.3, 0.4) is 0 Å². The Balaban J connectivity index is 1.96. The Morgan fingerprint density at radius 2 is 2.00 bits per heavy atom. The number of aliphatic hydroxyl groups excluding tert-OH is 1. The molecule has 2 rings (SSSR count). The summed E-state index contributed by atoms with van der Waals surface area (Å²) in [6.07, 6.45) is 0.770. The van der Waals surface area contributed by atoms with Crippen molar-refractivity contribution in [2.75, 3.05) is 13.2 Å². The fraction of sp³-hybridized carbons (Fsp3) is 1.00. The lowest BCUT2D eigenvalue weighted by atomic mass is 10.2. The molecule has 2 fully saturated rings. The van der Waals surface area contributed by atoms with E-state index in [-0.39, 0.29) is 18.5 Å². The number of ether oxygens (including phenoxy) is 1. The van der Waals surface area contributed by atoms with E-state index < -0.39 is 22.2 Å². The molecule has 1 heterocycles. The number of sulfonamides is 1. The van der Waals surface area contributed by atoms with Crippen LogP contribution in [-0.2, 0) is 14.8 Å². The first-order valence-corrected chi connectivity index (χ1v) is 5.91. The van der Waals surface area contributed by atoms with Gasteiger partial charge in [-0.1, -0.05) is 0 Å². The molecule has 2 N–H and O–H groups in total. The van der Waals surface area contributed by atoms with Gasteiger partial charge in [-0.15, -0.1) is 0 Å². The summed E-state index contributed by atoms with van der Waals surface area (Å²) in [5, 5.41) is 9.07. The SMILES string of the molecule is O=S(=O)(NC1COCC1O)C1CC1. The topological polar surface area (TPSA) is 75.6 Å². The van der Waals surface area contributed by atoms with Gasteiger partial charge in [-0.3, -0.25) is 0 Å². The van der Waals surface area contributed by atoms with Gasteiger partial charge in [0.15, 0.2) is 0 Å². The van der Waals surface area contributed by atoms with Gasteiger partial charge in [0.2, 0.25) is 10.0 Å². The van der Waals surface area contributed by atoms with E-state index >= 15 is 0 Å². The third-order valence-corrected chi connectivity index (χ3v) is 4.31. The van der Waals surface area contributed by atoms with Crippen molar-refractivity contribution in [2.24, 2.45) is 0 Å². The standard InChI is InChI=1S/C7H13NO4S/c9-7-4-12-3-6(7)8-13(10,11)5-1-2-5/h5-9H,1-4H2. The third-order valence-electron chi connectivity index (χ3n) is 2.33. The zero-order chi connectivity index (χ0) is 9.47. The zero-order valence-electron chi connectivity index (χ0n) is 7.14. The second kappa shape index (κ2) is 3.20. The van der Waals surface area contributed by atoms with Gasteiger partial charge in [0.25, 0.3) is 0 Å². The molecule has 0 bridgehead atoms. The normalized spacial score (nSPS) is 35.2. The van der Waals surface area contributed by atoms with Crippen LogP contribution in [-0.4, -0.2) is 44.1 Å². The maximum Gasteiger partial charge on any atom is 0.214 e. The van der Waals surface area contributed by atoms with Crippen LogP contribution in [0.25, 0.3) is 0 Å². The fourth-order valence-electron chi connectivity index (χ4n) is 1.34. The Labute approximate surface area is 77.1 Å². The Hall–Kier alpha value is -0.170. The van der Waals surface area contributed by atoms with Crippen molar-refractivity contribution in [3.8, 4) is 0 Å². The second-order valence-corrected chi connectivity index (χ2v) is 5.57. The highest BCUT2D eigenvalue weighted by molar-refractivity contribution is 7.90. The van der Waals surface area contributed by atoms with E-state index in [4.69, 9.17) is 4.74 Å². The number of nitrogens with one attached hydrogen (secondary N) is 1. The summed E-state index contributed by atoms with van der Waals surface area (Å²) in [6.45, 7) is 0.491. The highest BCUT2D eigenvalue weighted by atomic mass is 32.2. The minimum atomic E-state index is -3.19. The van der Waals surface area contributed by atoms with Crippen molar-refractivity contribution >= 4 is 10.0 Å². The van der Waals surface area contributed by atoms with E-state index in [1.165, 1.54) is 0 Å². The van der Waals surface area contributed by atoms with Gasteiger partial charge in [0, 0.05) is 0 Å². The molecule has 2 atom stereocenters. The largest absolute Gasteiger partial charge is 0.389 e. The maximum absolute atomic E-state index is 11.4. The molecule has 1 aliphatic heterocycles. The van der Waals surface area contributed by atoms with Crippen LogP contribution in [0.5, 0.6) is 0 Å². The Bertz CT molecular complexity index is 285. The molecule has 2 aliphatic rings. The first-order valence-electron chi connectivity index (χ1n) is 4.36. The average molecular weight is 207 g/mol. The number of hydrogen-bond acceptors (Lipinski definition) is 4. The summed E-state index contributed by atoms with van der Waals surface area (Å²) in [5.41, 5.74) is 0. The Morgan fingerprint density at radius 1 is 1.31 bits per heavy atom. The molecule has 1 saturated heterocycles. The molecule has 0 aromatic rings. The molecule has 13 heavy (non-hydrogen) atoms. The van der Waals surface area contributed by atoms with Crippen LogP contribution in [0.1, 0.15) is 12.8 Å². The van der Waals surface area contributed by atoms with Crippen LogP contribution in [0.15, 0.2) is 0 Å². The smallest absolute Gasteiger partial charge is 0.214 e. The first-order chi connectivity index (χ1) is 6.09. The molecule has 0 amide bonds. The summed E-state index contributed by atoms with van der Waals surface area (Å²) >= 11 is 0. The van der Waals surface area contributed by atoms with Crippen LogP contribution in [0, 0.1) is 0 Å². The molecule has 0 aromatic carbocycles. The zero-order valence-corrected chi connectivity index (χ0v) is 7.96. The minimum absolute atomic E-state index is 0.220. The molecule has 0 radical (unpaired) electrons. The van der Waals surface area contributed by atoms with Gasteiger partial charge < -0.3 is 9.84 Å². The minimum Gasteiger partial charge on any atom is -0.389 e. The highest BCUT2D eigenvalue weighted by Crippen LogP contribution is 2.28. The van der Waals surface area contributed by atoms with E-state index in [0.717, 1.165) is 12.8 Å². The van der Waals surface area contributed by atoms with E-state index in [1.807, 2.05) is 0 Å². The molecule has 0 spiro atoms. The van der Waals surface area contributed by atoms with Crippen molar-refractivity contribution in [1.82, 2.24) is 4.72 Å². The molecular weight excluding hydrogens is 194 g/mol. The highest BCUT2D eigenvalue weighted by Gasteiger charge is 2.39. The van der Waals surface area contributed by atoms with E-state index in [0.29, 0.717) is 0 Å². The van der Waals surface area contributed by atoms with E-state index in [2.05, 4.69) is 4.72 Å². The summed E-state index contributed by atoms with van der Waals surface area (Å²) in [5.74, 6) is 0. The van der Waals surface area contributed by atoms with Crippen molar-refractivity contribution in [2.45, 2.75) is 30.2 Å². The molecule has 2 unspecified atom stereocenters. The lowest BCUT2D eigenvalue weighted by molar-refractivity contribution is 0.124. The monoisotopic (exact) mass is 207 g/mol. The summed E-state index contributed by atoms with van der Waals surface area (Å²) in [6, 6.07) is -0.453. The molecule has 0 aromatic heterocycles. The van der Waals surface area contributed by atoms with Gasteiger partial charge >= 0.3 is 0 Å². The van der Waals surface area contributed by atoms with Crippen molar-refractivity contribution < 1.29 is 18.3 Å². The summed E-state index contributed by atoms with van der Waals surface area (Å²) in [4.78, 5) is 0. The molecule has 6 heteroatoms. The van der Waals surface area contributed by atoms with Gasteiger partial charge in [0.05, 0.1) is 30.6 Å². The lowest BCUT2D eigenvalue weighted by Crippen LogP contribution is -2.43. The van der Waals surface area contributed by atoms with Crippen molar-refractivity contribution in [3.63, 3.8) is 0 Å². The molecule has 1 saturated carbocycles. The summed E-state index contributed by atoms with van der Waals surface area (Å²) < 4.78 is 30.2. The number of aliphatic hydroxyl groups is 1. The first kappa shape index (κ1) is 9.39. The van der Waals surface area contributed by atoms with Crippen molar-refractivity contribution in [1.29, 1.82) is 0 Å². The number of hydrogen-bond donors (Lipinski definition) is 2.